The van der Waals surface area contributed by atoms with E-state index in [1.165, 1.54) is 18.2 Å². The predicted molar refractivity (Wildman–Crippen MR) is 91.7 cm³/mol. The molecule has 8 heteroatoms. The van der Waals surface area contributed by atoms with Gasteiger partial charge in [0.1, 0.15) is 0 Å². The Labute approximate surface area is 141 Å². The van der Waals surface area contributed by atoms with Crippen LogP contribution < -0.4 is 10.6 Å². The van der Waals surface area contributed by atoms with E-state index in [1.807, 2.05) is 20.8 Å². The molecule has 1 aromatic rings. The summed E-state index contributed by atoms with van der Waals surface area (Å²) >= 11 is 0. The van der Waals surface area contributed by atoms with Crippen LogP contribution in [0.1, 0.15) is 27.7 Å². The maximum absolute atomic E-state index is 12.2. The van der Waals surface area contributed by atoms with Crippen molar-refractivity contribution < 1.29 is 14.5 Å². The Morgan fingerprint density at radius 3 is 2.50 bits per heavy atom. The van der Waals surface area contributed by atoms with Crippen LogP contribution in [0.2, 0.25) is 0 Å². The van der Waals surface area contributed by atoms with Gasteiger partial charge in [0, 0.05) is 23.4 Å². The molecule has 0 bridgehead atoms. The lowest BCUT2D eigenvalue weighted by molar-refractivity contribution is -0.384. The molecule has 0 fully saturated rings. The highest BCUT2D eigenvalue weighted by molar-refractivity contribution is 5.95. The number of anilines is 1. The van der Waals surface area contributed by atoms with Gasteiger partial charge in [-0.1, -0.05) is 6.07 Å². The molecule has 0 aliphatic rings. The minimum Gasteiger partial charge on any atom is -0.350 e. The molecule has 0 saturated carbocycles. The first kappa shape index (κ1) is 19.6. The van der Waals surface area contributed by atoms with Gasteiger partial charge >= 0.3 is 0 Å². The van der Waals surface area contributed by atoms with E-state index in [0.717, 1.165) is 0 Å². The second kappa shape index (κ2) is 7.87. The first-order valence-electron chi connectivity index (χ1n) is 7.56. The van der Waals surface area contributed by atoms with Crippen LogP contribution in [0, 0.1) is 10.1 Å². The van der Waals surface area contributed by atoms with E-state index >= 15 is 0 Å². The molecule has 1 aromatic carbocycles. The number of benzene rings is 1. The highest BCUT2D eigenvalue weighted by atomic mass is 16.6. The van der Waals surface area contributed by atoms with Crippen LogP contribution in [0.4, 0.5) is 11.4 Å². The van der Waals surface area contributed by atoms with Gasteiger partial charge in [0.15, 0.2) is 0 Å². The number of carbonyl (C=O) groups excluding carboxylic acids is 2. The Morgan fingerprint density at radius 1 is 1.33 bits per heavy atom. The summed E-state index contributed by atoms with van der Waals surface area (Å²) < 4.78 is 0. The number of hydrogen-bond acceptors (Lipinski definition) is 5. The highest BCUT2D eigenvalue weighted by Gasteiger charge is 2.22. The van der Waals surface area contributed by atoms with Crippen molar-refractivity contribution in [1.29, 1.82) is 0 Å². The summed E-state index contributed by atoms with van der Waals surface area (Å²) in [5.41, 5.74) is -0.0983. The zero-order valence-electron chi connectivity index (χ0n) is 14.6. The van der Waals surface area contributed by atoms with Crippen LogP contribution in [0.15, 0.2) is 24.3 Å². The number of nitrogens with one attached hydrogen (secondary N) is 2. The molecule has 132 valence electrons. The molecule has 0 saturated heterocycles. The Morgan fingerprint density at radius 2 is 1.96 bits per heavy atom. The van der Waals surface area contributed by atoms with Crippen molar-refractivity contribution in [3.63, 3.8) is 0 Å². The number of nitrogens with zero attached hydrogens (tertiary/aromatic N) is 2. The van der Waals surface area contributed by atoms with Gasteiger partial charge in [0.05, 0.1) is 17.5 Å². The standard InChI is InChI=1S/C16H24N4O4/c1-11(19(5)10-14(21)18-16(2,3)4)15(22)17-12-7-6-8-13(9-12)20(23)24/h6-9,11H,10H2,1-5H3,(H,17,22)(H,18,21). The topological polar surface area (TPSA) is 105 Å². The predicted octanol–water partition coefficient (Wildman–Crippen LogP) is 1.77. The van der Waals surface area contributed by atoms with Gasteiger partial charge < -0.3 is 10.6 Å². The number of rotatable bonds is 6. The molecule has 1 atom stereocenters. The molecule has 0 radical (unpaired) electrons. The van der Waals surface area contributed by atoms with Gasteiger partial charge in [-0.15, -0.1) is 0 Å². The number of non-ortho nitro benzene ring substituents is 1. The summed E-state index contributed by atoms with van der Waals surface area (Å²) in [5.74, 6) is -0.526. The molecule has 0 heterocycles. The number of nitro groups is 1. The van der Waals surface area contributed by atoms with E-state index in [4.69, 9.17) is 0 Å². The molecular weight excluding hydrogens is 312 g/mol. The largest absolute Gasteiger partial charge is 0.350 e. The normalized spacial score (nSPS) is 12.6. The third kappa shape index (κ3) is 6.33. The van der Waals surface area contributed by atoms with Crippen molar-refractivity contribution >= 4 is 23.2 Å². The van der Waals surface area contributed by atoms with Gasteiger partial charge in [0.25, 0.3) is 5.69 Å². The minimum absolute atomic E-state index is 0.0702. The van der Waals surface area contributed by atoms with Crippen LogP contribution in [-0.4, -0.2) is 46.8 Å². The van der Waals surface area contributed by atoms with Gasteiger partial charge in [-0.3, -0.25) is 24.6 Å². The number of carbonyl (C=O) groups is 2. The number of amides is 2. The Balaban J connectivity index is 2.65. The maximum atomic E-state index is 12.2. The molecule has 0 spiro atoms. The highest BCUT2D eigenvalue weighted by Crippen LogP contribution is 2.17. The van der Waals surface area contributed by atoms with E-state index in [1.54, 1.807) is 24.9 Å². The third-order valence-corrected chi connectivity index (χ3v) is 3.27. The van der Waals surface area contributed by atoms with Gasteiger partial charge in [0.2, 0.25) is 11.8 Å². The zero-order chi connectivity index (χ0) is 18.5. The van der Waals surface area contributed by atoms with E-state index in [2.05, 4.69) is 10.6 Å². The van der Waals surface area contributed by atoms with E-state index < -0.39 is 11.0 Å². The fourth-order valence-electron chi connectivity index (χ4n) is 1.97. The molecule has 24 heavy (non-hydrogen) atoms. The Bertz CT molecular complexity index is 625. The SMILES string of the molecule is CC(C(=O)Nc1cccc([N+](=O)[O-])c1)N(C)CC(=O)NC(C)(C)C. The van der Waals surface area contributed by atoms with E-state index in [-0.39, 0.29) is 29.6 Å². The Hall–Kier alpha value is -2.48. The molecule has 8 nitrogen and oxygen atoms in total. The summed E-state index contributed by atoms with van der Waals surface area (Å²) in [5, 5.41) is 16.2. The van der Waals surface area contributed by atoms with Crippen molar-refractivity contribution in [2.24, 2.45) is 0 Å². The molecule has 0 aliphatic heterocycles. The number of likely N-dealkylation sites (N-methyl/N-ethyl adjacent to an activating group) is 1. The van der Waals surface area contributed by atoms with E-state index in [9.17, 15) is 19.7 Å². The molecule has 2 amide bonds. The third-order valence-electron chi connectivity index (χ3n) is 3.27. The summed E-state index contributed by atoms with van der Waals surface area (Å²) in [7, 11) is 1.67. The number of hydrogen-bond donors (Lipinski definition) is 2. The van der Waals surface area contributed by atoms with Crippen molar-refractivity contribution in [3.05, 3.63) is 34.4 Å². The van der Waals surface area contributed by atoms with E-state index in [0.29, 0.717) is 5.69 Å². The summed E-state index contributed by atoms with van der Waals surface area (Å²) in [6.45, 7) is 7.37. The Kier molecular flexibility index (Phi) is 6.42. The van der Waals surface area contributed by atoms with Crippen molar-refractivity contribution in [2.45, 2.75) is 39.3 Å². The first-order chi connectivity index (χ1) is 11.0. The summed E-state index contributed by atoms with van der Waals surface area (Å²) in [6.07, 6.45) is 0. The smallest absolute Gasteiger partial charge is 0.271 e. The van der Waals surface area contributed by atoms with Crippen LogP contribution in [0.5, 0.6) is 0 Å². The quantitative estimate of drug-likeness (QED) is 0.608. The second-order valence-corrected chi connectivity index (χ2v) is 6.69. The lowest BCUT2D eigenvalue weighted by Gasteiger charge is -2.26. The lowest BCUT2D eigenvalue weighted by atomic mass is 10.1. The summed E-state index contributed by atoms with van der Waals surface area (Å²) in [4.78, 5) is 36.0. The molecular formula is C16H24N4O4. The summed E-state index contributed by atoms with van der Waals surface area (Å²) in [6, 6.07) is 5.14. The average molecular weight is 336 g/mol. The van der Waals surface area contributed by atoms with Crippen LogP contribution in [0.3, 0.4) is 0 Å². The molecule has 0 aromatic heterocycles. The van der Waals surface area contributed by atoms with Crippen molar-refractivity contribution in [2.75, 3.05) is 18.9 Å². The molecule has 1 rings (SSSR count). The van der Waals surface area contributed by atoms with Crippen LogP contribution in [-0.2, 0) is 9.59 Å². The van der Waals surface area contributed by atoms with Gasteiger partial charge in [-0.25, -0.2) is 0 Å². The fourth-order valence-corrected chi connectivity index (χ4v) is 1.97. The lowest BCUT2D eigenvalue weighted by Crippen LogP contribution is -2.49. The maximum Gasteiger partial charge on any atom is 0.271 e. The second-order valence-electron chi connectivity index (χ2n) is 6.69. The molecule has 1 unspecified atom stereocenters. The zero-order valence-corrected chi connectivity index (χ0v) is 14.6. The number of nitro benzene ring substituents is 1. The van der Waals surface area contributed by atoms with Crippen LogP contribution >= 0.6 is 0 Å². The molecule has 0 aliphatic carbocycles. The van der Waals surface area contributed by atoms with Crippen molar-refractivity contribution in [1.82, 2.24) is 10.2 Å². The van der Waals surface area contributed by atoms with Gasteiger partial charge in [-0.05, 0) is 40.8 Å². The fraction of sp³-hybridized carbons (Fsp3) is 0.500. The monoisotopic (exact) mass is 336 g/mol. The average Bonchev–Trinajstić information content (AvgIpc) is 2.44. The van der Waals surface area contributed by atoms with Crippen LogP contribution in [0.25, 0.3) is 0 Å². The van der Waals surface area contributed by atoms with Gasteiger partial charge in [-0.2, -0.15) is 0 Å². The first-order valence-corrected chi connectivity index (χ1v) is 7.56. The minimum atomic E-state index is -0.574. The van der Waals surface area contributed by atoms with Crippen molar-refractivity contribution in [3.8, 4) is 0 Å². The molecule has 2 N–H and O–H groups in total.